The van der Waals surface area contributed by atoms with Crippen LogP contribution in [0.25, 0.3) is 132 Å². The summed E-state index contributed by atoms with van der Waals surface area (Å²) in [6.45, 7) is 0. The van der Waals surface area contributed by atoms with Gasteiger partial charge in [0.2, 0.25) is 5.95 Å². The Balaban J connectivity index is 1.10. The van der Waals surface area contributed by atoms with Gasteiger partial charge in [0, 0.05) is 49.0 Å². The predicted octanol–water partition coefficient (Wildman–Crippen LogP) is 14.6. The molecule has 0 atom stereocenters. The van der Waals surface area contributed by atoms with E-state index >= 15 is 0 Å². The molecule has 276 valence electrons. The molecule has 60 heavy (non-hydrogen) atoms. The first-order chi connectivity index (χ1) is 29.8. The van der Waals surface area contributed by atoms with E-state index in [2.05, 4.69) is 203 Å². The molecule has 0 saturated heterocycles. The van der Waals surface area contributed by atoms with Crippen molar-refractivity contribution in [3.8, 4) is 45.1 Å². The topological polar surface area (TPSA) is 35.6 Å². The van der Waals surface area contributed by atoms with Crippen LogP contribution in [0.4, 0.5) is 0 Å². The second kappa shape index (κ2) is 11.8. The van der Waals surface area contributed by atoms with Gasteiger partial charge in [-0.3, -0.25) is 4.57 Å². The monoisotopic (exact) mass is 760 g/mol. The van der Waals surface area contributed by atoms with Crippen LogP contribution in [0.1, 0.15) is 0 Å². The van der Waals surface area contributed by atoms with Gasteiger partial charge < -0.3 is 4.57 Å². The van der Waals surface area contributed by atoms with Crippen molar-refractivity contribution in [3.63, 3.8) is 0 Å². The molecule has 13 aromatic rings. The SMILES string of the molecule is c1ccc2c(c1)-c1ccccc1-n1c3cc4c5ccccc5n(-c5nc(-c6ccc7c(ccc8ccccc87)c6)c6ccc7ccccc7c6n5)c4cc3c3cccc-2c31. The summed E-state index contributed by atoms with van der Waals surface area (Å²) in [5, 5.41) is 13.0. The van der Waals surface area contributed by atoms with Gasteiger partial charge in [-0.2, -0.15) is 0 Å². The van der Waals surface area contributed by atoms with Crippen LogP contribution in [0.3, 0.4) is 0 Å². The lowest BCUT2D eigenvalue weighted by Gasteiger charge is -2.14. The van der Waals surface area contributed by atoms with Crippen molar-refractivity contribution in [1.29, 1.82) is 0 Å². The van der Waals surface area contributed by atoms with Gasteiger partial charge in [-0.05, 0) is 74.5 Å². The molecular weight excluding hydrogens is 729 g/mol. The van der Waals surface area contributed by atoms with Gasteiger partial charge in [-0.1, -0.05) is 158 Å². The third-order valence-corrected chi connectivity index (χ3v) is 13.0. The lowest BCUT2D eigenvalue weighted by molar-refractivity contribution is 1.02. The molecule has 3 aromatic heterocycles. The van der Waals surface area contributed by atoms with Gasteiger partial charge >= 0.3 is 0 Å². The fourth-order valence-electron chi connectivity index (χ4n) is 10.4. The van der Waals surface area contributed by atoms with E-state index in [1.54, 1.807) is 0 Å². The largest absolute Gasteiger partial charge is 0.308 e. The summed E-state index contributed by atoms with van der Waals surface area (Å²) in [6, 6.07) is 70.8. The van der Waals surface area contributed by atoms with Crippen molar-refractivity contribution >= 4 is 86.8 Å². The van der Waals surface area contributed by atoms with Crippen molar-refractivity contribution in [3.05, 3.63) is 194 Å². The molecule has 0 saturated carbocycles. The average molecular weight is 761 g/mol. The van der Waals surface area contributed by atoms with E-state index in [-0.39, 0.29) is 0 Å². The maximum Gasteiger partial charge on any atom is 0.235 e. The van der Waals surface area contributed by atoms with Gasteiger partial charge in [0.25, 0.3) is 0 Å². The van der Waals surface area contributed by atoms with Gasteiger partial charge in [0.05, 0.1) is 39.0 Å². The maximum absolute atomic E-state index is 5.59. The Morgan fingerprint density at radius 3 is 1.77 bits per heavy atom. The molecule has 0 radical (unpaired) electrons. The molecule has 10 aromatic carbocycles. The molecule has 4 heterocycles. The van der Waals surface area contributed by atoms with Crippen molar-refractivity contribution in [2.24, 2.45) is 0 Å². The molecule has 0 N–H and O–H groups in total. The van der Waals surface area contributed by atoms with Gasteiger partial charge in [-0.15, -0.1) is 0 Å². The summed E-state index contributed by atoms with van der Waals surface area (Å²) in [5.74, 6) is 0.655. The van der Waals surface area contributed by atoms with E-state index in [4.69, 9.17) is 9.97 Å². The Hall–Kier alpha value is -8.08. The van der Waals surface area contributed by atoms with Crippen molar-refractivity contribution in [2.75, 3.05) is 0 Å². The van der Waals surface area contributed by atoms with Gasteiger partial charge in [-0.25, -0.2) is 9.97 Å². The zero-order valence-corrected chi connectivity index (χ0v) is 32.3. The van der Waals surface area contributed by atoms with E-state index < -0.39 is 0 Å². The molecule has 0 spiro atoms. The van der Waals surface area contributed by atoms with Crippen LogP contribution in [0.15, 0.2) is 194 Å². The third kappa shape index (κ3) is 4.24. The highest BCUT2D eigenvalue weighted by molar-refractivity contribution is 6.22. The fraction of sp³-hybridized carbons (Fsp3) is 0. The molecule has 4 nitrogen and oxygen atoms in total. The Morgan fingerprint density at radius 2 is 0.900 bits per heavy atom. The van der Waals surface area contributed by atoms with Crippen LogP contribution in [-0.2, 0) is 0 Å². The molecule has 0 unspecified atom stereocenters. The number of nitrogens with zero attached hydrogens (tertiary/aromatic N) is 4. The highest BCUT2D eigenvalue weighted by Crippen LogP contribution is 2.48. The summed E-state index contributed by atoms with van der Waals surface area (Å²) in [6.07, 6.45) is 0. The van der Waals surface area contributed by atoms with Crippen molar-refractivity contribution in [2.45, 2.75) is 0 Å². The van der Waals surface area contributed by atoms with E-state index in [0.717, 1.165) is 44.0 Å². The Labute approximate surface area is 343 Å². The Kier molecular flexibility index (Phi) is 6.26. The first-order valence-corrected chi connectivity index (χ1v) is 20.6. The summed E-state index contributed by atoms with van der Waals surface area (Å²) in [7, 11) is 0. The van der Waals surface area contributed by atoms with Crippen LogP contribution in [0.2, 0.25) is 0 Å². The Morgan fingerprint density at radius 1 is 0.317 bits per heavy atom. The molecular formula is C56H32N4. The summed E-state index contributed by atoms with van der Waals surface area (Å²) in [4.78, 5) is 11.1. The highest BCUT2D eigenvalue weighted by atomic mass is 15.2. The smallest absolute Gasteiger partial charge is 0.235 e. The number of para-hydroxylation sites is 3. The fourth-order valence-corrected chi connectivity index (χ4v) is 10.4. The molecule has 14 rings (SSSR count). The molecule has 0 fully saturated rings. The standard InChI is InChI=1S/C56H32N4/c1-3-14-37-33(12-1)24-25-35-30-36(27-28-38(35)37)53-46-29-26-34-13-2-4-15-39(34)54(46)58-56(57-53)60-50-23-10-8-19-43(50)47-31-51-48(32-52(47)60)45-21-11-20-44-41-17-6-5-16-40(41)42-18-7-9-22-49(42)59(51)55(44)45/h1-32H. The van der Waals surface area contributed by atoms with Gasteiger partial charge in [0.1, 0.15) is 0 Å². The highest BCUT2D eigenvalue weighted by Gasteiger charge is 2.26. The third-order valence-electron chi connectivity index (χ3n) is 13.0. The van der Waals surface area contributed by atoms with E-state index in [9.17, 15) is 0 Å². The summed E-state index contributed by atoms with van der Waals surface area (Å²) in [5.41, 5.74) is 13.7. The van der Waals surface area contributed by atoms with Crippen LogP contribution in [0.5, 0.6) is 0 Å². The van der Waals surface area contributed by atoms with Crippen molar-refractivity contribution in [1.82, 2.24) is 19.1 Å². The minimum Gasteiger partial charge on any atom is -0.308 e. The number of aromatic nitrogens is 4. The number of benzene rings is 10. The minimum absolute atomic E-state index is 0.655. The van der Waals surface area contributed by atoms with E-state index in [1.807, 2.05) is 0 Å². The van der Waals surface area contributed by atoms with Crippen LogP contribution in [-0.4, -0.2) is 19.1 Å². The number of hydrogen-bond acceptors (Lipinski definition) is 2. The predicted molar refractivity (Wildman–Crippen MR) is 251 cm³/mol. The van der Waals surface area contributed by atoms with Crippen LogP contribution >= 0.6 is 0 Å². The number of hydrogen-bond donors (Lipinski definition) is 0. The van der Waals surface area contributed by atoms with Crippen molar-refractivity contribution < 1.29 is 0 Å². The number of rotatable bonds is 2. The quantitative estimate of drug-likeness (QED) is 0.165. The zero-order valence-electron chi connectivity index (χ0n) is 32.3. The summed E-state index contributed by atoms with van der Waals surface area (Å²) >= 11 is 0. The second-order valence-electron chi connectivity index (χ2n) is 16.1. The molecule has 0 amide bonds. The van der Waals surface area contributed by atoms with Crippen LogP contribution in [0, 0.1) is 0 Å². The van der Waals surface area contributed by atoms with E-state index in [0.29, 0.717) is 5.95 Å². The normalized spacial score (nSPS) is 12.3. The molecule has 0 aliphatic carbocycles. The lowest BCUT2D eigenvalue weighted by Crippen LogP contribution is -2.04. The van der Waals surface area contributed by atoms with Gasteiger partial charge in [0.15, 0.2) is 0 Å². The molecule has 1 aliphatic rings. The summed E-state index contributed by atoms with van der Waals surface area (Å²) < 4.78 is 4.80. The average Bonchev–Trinajstić information content (AvgIpc) is 3.77. The first kappa shape index (κ1) is 31.9. The second-order valence-corrected chi connectivity index (χ2v) is 16.1. The van der Waals surface area contributed by atoms with Crippen LogP contribution < -0.4 is 0 Å². The maximum atomic E-state index is 5.59. The number of fused-ring (bicyclic) bond motifs is 17. The first-order valence-electron chi connectivity index (χ1n) is 20.6. The lowest BCUT2D eigenvalue weighted by atomic mass is 9.94. The van der Waals surface area contributed by atoms with E-state index in [1.165, 1.54) is 82.1 Å². The minimum atomic E-state index is 0.655. The zero-order chi connectivity index (χ0) is 39.1. The molecule has 0 bridgehead atoms. The Bertz CT molecular complexity index is 4020. The molecule has 1 aliphatic heterocycles. The molecule has 4 heteroatoms.